The number of ether oxygens (including phenoxy) is 8. The zero-order valence-electron chi connectivity index (χ0n) is 68.4. The number of epoxide rings is 2. The minimum Gasteiger partial charge on any atom is -0.495 e. The SMILES string of the molecule is COc1ccc(C[C@H]2NC(=O)/C=C/C[C@@H]([C@H](C)[C@H]3O[C@@H]3c3ccc(CN(C)CC(C)(C)S)cc3)OC(=O)[C@H](CC(C)C)OC(=O)C(C)(C)CNC2=O)cc1Cl.COc1ccc(C[C@H]2NC(=O)/C=C/C[C@@H]([C@H](C)[C@H]3O[C@@H]3c3ccc(CN(C)CC(C)(C)SSC)cc3)OC(=O)[C@H](CC(C)C)OC(=O)C(C)(C)CNC2=O)cc1Cl. The average molecular weight is 1650 g/mol. The van der Waals surface area contributed by atoms with Gasteiger partial charge >= 0.3 is 23.9 Å². The highest BCUT2D eigenvalue weighted by Crippen LogP contribution is 2.47. The summed E-state index contributed by atoms with van der Waals surface area (Å²) in [5.41, 5.74) is 3.39. The van der Waals surface area contributed by atoms with Crippen LogP contribution < -0.4 is 30.7 Å². The molecule has 2 saturated heterocycles. The Hall–Kier alpha value is -6.81. The first-order valence-electron chi connectivity index (χ1n) is 38.4. The molecule has 4 aliphatic rings. The molecule has 8 rings (SSSR count). The maximum atomic E-state index is 13.8. The monoisotopic (exact) mass is 1640 g/mol. The molecule has 27 heteroatoms. The number of nitrogens with zero attached hydrogens (tertiary/aromatic N) is 2. The van der Waals surface area contributed by atoms with Crippen LogP contribution in [0.5, 0.6) is 11.5 Å². The van der Waals surface area contributed by atoms with E-state index in [0.29, 0.717) is 32.7 Å². The van der Waals surface area contributed by atoms with E-state index in [0.717, 1.165) is 37.3 Å². The maximum Gasteiger partial charge on any atom is 0.347 e. The first kappa shape index (κ1) is 92.4. The number of carbonyl (C=O) groups excluding carboxylic acids is 8. The van der Waals surface area contributed by atoms with Gasteiger partial charge in [0.05, 0.1) is 47.3 Å². The van der Waals surface area contributed by atoms with Gasteiger partial charge in [-0.25, -0.2) is 9.59 Å². The molecule has 0 spiro atoms. The molecule has 2 fully saturated rings. The molecule has 0 saturated carbocycles. The number of carbonyl (C=O) groups is 8. The first-order valence-corrected chi connectivity index (χ1v) is 42.1. The van der Waals surface area contributed by atoms with Crippen molar-refractivity contribution in [3.8, 4) is 11.5 Å². The normalized spacial score (nSPS) is 24.8. The van der Waals surface area contributed by atoms with Gasteiger partial charge in [0.2, 0.25) is 23.6 Å². The number of esters is 4. The number of cyclic esters (lactones) is 4. The maximum absolute atomic E-state index is 13.8. The molecule has 112 heavy (non-hydrogen) atoms. The molecular formula is C85H118Cl2N6O16S3. The topological polar surface area (TPSA) is 272 Å². The van der Waals surface area contributed by atoms with Crippen LogP contribution >= 0.6 is 57.4 Å². The van der Waals surface area contributed by atoms with Crippen LogP contribution in [0.15, 0.2) is 109 Å². The zero-order valence-corrected chi connectivity index (χ0v) is 72.4. The smallest absolute Gasteiger partial charge is 0.347 e. The van der Waals surface area contributed by atoms with Crippen molar-refractivity contribution in [2.45, 2.75) is 219 Å². The molecule has 0 unspecified atom stereocenters. The van der Waals surface area contributed by atoms with Gasteiger partial charge in [0, 0.05) is 86.3 Å². The third-order valence-electron chi connectivity index (χ3n) is 19.7. The van der Waals surface area contributed by atoms with Crippen molar-refractivity contribution in [1.29, 1.82) is 0 Å². The van der Waals surface area contributed by atoms with Gasteiger partial charge in [-0.1, -0.05) is 159 Å². The molecule has 0 aliphatic carbocycles. The lowest BCUT2D eigenvalue weighted by molar-refractivity contribution is -0.179. The fraction of sp³-hybridized carbons (Fsp3) is 0.576. The Bertz CT molecular complexity index is 3930. The Kier molecular flexibility index (Phi) is 34.4. The van der Waals surface area contributed by atoms with Crippen molar-refractivity contribution in [3.05, 3.63) is 153 Å². The fourth-order valence-corrected chi connectivity index (χ4v) is 16.6. The lowest BCUT2D eigenvalue weighted by atomic mass is 9.92. The summed E-state index contributed by atoms with van der Waals surface area (Å²) in [5.74, 6) is -4.24. The number of thiol groups is 1. The van der Waals surface area contributed by atoms with Crippen LogP contribution in [0.3, 0.4) is 0 Å². The van der Waals surface area contributed by atoms with Crippen LogP contribution in [0.1, 0.15) is 168 Å². The van der Waals surface area contributed by atoms with Gasteiger partial charge in [-0.15, -0.1) is 0 Å². The number of nitrogens with one attached hydrogen (secondary N) is 4. The van der Waals surface area contributed by atoms with Crippen LogP contribution in [-0.4, -0.2) is 176 Å². The molecule has 0 radical (unpaired) electrons. The van der Waals surface area contributed by atoms with E-state index in [1.165, 1.54) is 37.5 Å². The van der Waals surface area contributed by atoms with Crippen molar-refractivity contribution in [3.63, 3.8) is 0 Å². The Balaban J connectivity index is 0.000000311. The summed E-state index contributed by atoms with van der Waals surface area (Å²) in [5, 5.41) is 11.9. The molecule has 12 atom stereocenters. The highest BCUT2D eigenvalue weighted by atomic mass is 35.5. The Morgan fingerprint density at radius 3 is 1.26 bits per heavy atom. The molecule has 4 aromatic carbocycles. The Morgan fingerprint density at radius 1 is 0.554 bits per heavy atom. The quantitative estimate of drug-likeness (QED) is 0.0128. The minimum atomic E-state index is -1.21. The third kappa shape index (κ3) is 28.9. The van der Waals surface area contributed by atoms with E-state index in [1.54, 1.807) is 87.0 Å². The molecular weight excluding hydrogens is 1530 g/mol. The second kappa shape index (κ2) is 41.7. The lowest BCUT2D eigenvalue weighted by Crippen LogP contribution is -2.51. The zero-order chi connectivity index (χ0) is 82.7. The molecule has 4 N–H and O–H groups in total. The summed E-state index contributed by atoms with van der Waals surface area (Å²) in [6, 6.07) is 25.0. The number of halogens is 2. The van der Waals surface area contributed by atoms with Crippen LogP contribution in [0.4, 0.5) is 0 Å². The van der Waals surface area contributed by atoms with E-state index < -0.39 is 94.8 Å². The average Bonchev–Trinajstić information content (AvgIpc) is 1.62. The molecule has 4 amide bonds. The second-order valence-corrected chi connectivity index (χ2v) is 38.5. The van der Waals surface area contributed by atoms with Crippen molar-refractivity contribution in [2.24, 2.45) is 34.5 Å². The molecule has 4 aromatic rings. The summed E-state index contributed by atoms with van der Waals surface area (Å²) in [4.78, 5) is 113. The molecule has 0 aromatic heterocycles. The molecule has 4 aliphatic heterocycles. The molecule has 616 valence electrons. The van der Waals surface area contributed by atoms with E-state index >= 15 is 0 Å². The minimum absolute atomic E-state index is 0.00809. The van der Waals surface area contributed by atoms with Gasteiger partial charge < -0.3 is 69.0 Å². The van der Waals surface area contributed by atoms with E-state index in [1.807, 2.05) is 52.3 Å². The van der Waals surface area contributed by atoms with E-state index in [4.69, 9.17) is 61.1 Å². The number of hydrogen-bond acceptors (Lipinski definition) is 21. The summed E-state index contributed by atoms with van der Waals surface area (Å²) in [7, 11) is 10.9. The van der Waals surface area contributed by atoms with Gasteiger partial charge in [-0.2, -0.15) is 12.6 Å². The van der Waals surface area contributed by atoms with Crippen molar-refractivity contribution < 1.29 is 76.3 Å². The van der Waals surface area contributed by atoms with E-state index in [2.05, 4.69) is 140 Å². The molecule has 22 nitrogen and oxygen atoms in total. The van der Waals surface area contributed by atoms with Crippen molar-refractivity contribution in [1.82, 2.24) is 31.1 Å². The van der Waals surface area contributed by atoms with Gasteiger partial charge in [0.15, 0.2) is 12.2 Å². The van der Waals surface area contributed by atoms with Gasteiger partial charge in [-0.05, 0) is 170 Å². The van der Waals surface area contributed by atoms with Gasteiger partial charge in [-0.3, -0.25) is 28.8 Å². The largest absolute Gasteiger partial charge is 0.495 e. The first-order chi connectivity index (χ1) is 52.6. The molecule has 4 heterocycles. The number of rotatable bonds is 26. The van der Waals surface area contributed by atoms with Crippen LogP contribution in [0.2, 0.25) is 10.0 Å². The lowest BCUT2D eigenvalue weighted by Gasteiger charge is -2.29. The number of benzene rings is 4. The number of methoxy groups -OCH3 is 2. The summed E-state index contributed by atoms with van der Waals surface area (Å²) >= 11 is 17.4. The molecule has 0 bridgehead atoms. The summed E-state index contributed by atoms with van der Waals surface area (Å²) in [6.07, 6.45) is 4.51. The summed E-state index contributed by atoms with van der Waals surface area (Å²) < 4.78 is 46.9. The van der Waals surface area contributed by atoms with Gasteiger partial charge in [0.25, 0.3) is 0 Å². The van der Waals surface area contributed by atoms with E-state index in [9.17, 15) is 38.4 Å². The van der Waals surface area contributed by atoms with Crippen molar-refractivity contribution >= 4 is 105 Å². The Labute approximate surface area is 686 Å². The number of amides is 4. The third-order valence-corrected chi connectivity index (χ3v) is 23.0. The van der Waals surface area contributed by atoms with Crippen LogP contribution in [0, 0.1) is 34.5 Å². The standard InChI is InChI=1S/C43H60ClN3O8S2.C42H58ClN3O8S/c1-26(2)20-35-40(50)53-33(27(3)37-38(55-37)30-17-14-28(15-18-30)23-47(8)25-43(6,7)57-56-10)12-11-13-36(48)46-32(22-29-16-19-34(52-9)31(44)21-29)39(49)45-24-42(4,5)41(51)54-35;1-25(2)19-34-39(49)52-32(26(3)36-37(54-36)29-16-13-27(14-17-29)22-46(8)24-42(6,7)55)11-10-12-35(47)45-31(21-28-15-18-33(51-9)30(43)20-28)38(48)44-23-41(4,5)40(50)53-34/h11,13-19,21,26-27,32-33,35,37-38H,12,20,22-25H2,1-10H3,(H,45,49)(H,46,48);10,12-18,20,25-26,31-32,34,36-37,55H,11,19,21-24H2,1-9H3,(H,44,48)(H,45,47)/b13-11+;12-10+/t27-,32+,33-,35-,37+,38+;26-,31+,32-,34-,36+,37+/m00/s1. The highest BCUT2D eigenvalue weighted by molar-refractivity contribution is 8.77. The number of hydrogen-bond donors (Lipinski definition) is 5. The van der Waals surface area contributed by atoms with Crippen LogP contribution in [0.25, 0.3) is 0 Å². The van der Waals surface area contributed by atoms with Crippen LogP contribution in [-0.2, 0) is 92.7 Å². The van der Waals surface area contributed by atoms with Crippen molar-refractivity contribution in [2.75, 3.05) is 60.7 Å². The fourth-order valence-electron chi connectivity index (χ4n) is 13.6. The second-order valence-electron chi connectivity index (χ2n) is 33.4. The predicted molar refractivity (Wildman–Crippen MR) is 444 cm³/mol. The predicted octanol–water partition coefficient (Wildman–Crippen LogP) is 13.6. The van der Waals surface area contributed by atoms with E-state index in [-0.39, 0.29) is 109 Å². The summed E-state index contributed by atoms with van der Waals surface area (Å²) in [6.45, 7) is 30.0. The van der Waals surface area contributed by atoms with Gasteiger partial charge in [0.1, 0.15) is 48.0 Å². The highest BCUT2D eigenvalue weighted by Gasteiger charge is 2.50. The Morgan fingerprint density at radius 2 is 0.920 bits per heavy atom.